The summed E-state index contributed by atoms with van der Waals surface area (Å²) in [5, 5.41) is 14.1. The van der Waals surface area contributed by atoms with E-state index < -0.39 is 5.60 Å². The second-order valence-electron chi connectivity index (χ2n) is 6.69. The van der Waals surface area contributed by atoms with Gasteiger partial charge < -0.3 is 24.3 Å². The SMILES string of the molecule is COc1ccc(CC(C)(O)CNC(=O)c2cc3cccc(OC)c3o2)cc1. The van der Waals surface area contributed by atoms with Crippen LogP contribution in [0.4, 0.5) is 0 Å². The van der Waals surface area contributed by atoms with Gasteiger partial charge in [-0.3, -0.25) is 4.79 Å². The smallest absolute Gasteiger partial charge is 0.287 e. The molecule has 1 unspecified atom stereocenters. The number of carbonyl (C=O) groups is 1. The van der Waals surface area contributed by atoms with E-state index in [9.17, 15) is 9.90 Å². The molecule has 0 bridgehead atoms. The van der Waals surface area contributed by atoms with Crippen molar-refractivity contribution in [3.8, 4) is 11.5 Å². The van der Waals surface area contributed by atoms with E-state index in [1.54, 1.807) is 33.3 Å². The number of carbonyl (C=O) groups excluding carboxylic acids is 1. The first-order valence-electron chi connectivity index (χ1n) is 8.62. The van der Waals surface area contributed by atoms with Crippen LogP contribution < -0.4 is 14.8 Å². The molecule has 3 aromatic rings. The molecule has 0 saturated heterocycles. The topological polar surface area (TPSA) is 80.9 Å². The molecule has 142 valence electrons. The summed E-state index contributed by atoms with van der Waals surface area (Å²) in [6.07, 6.45) is 0.394. The standard InChI is InChI=1S/C21H23NO5/c1-21(24,12-14-7-9-16(25-2)10-8-14)13-22-20(23)18-11-15-5-4-6-17(26-3)19(15)27-18/h4-11,24H,12-13H2,1-3H3,(H,22,23). The van der Waals surface area contributed by atoms with Crippen LogP contribution in [-0.4, -0.2) is 37.4 Å². The van der Waals surface area contributed by atoms with Gasteiger partial charge in [0.1, 0.15) is 5.75 Å². The number of ether oxygens (including phenoxy) is 2. The van der Waals surface area contributed by atoms with Gasteiger partial charge in [-0.2, -0.15) is 0 Å². The Morgan fingerprint density at radius 3 is 2.56 bits per heavy atom. The summed E-state index contributed by atoms with van der Waals surface area (Å²) >= 11 is 0. The van der Waals surface area contributed by atoms with Gasteiger partial charge in [0.25, 0.3) is 5.91 Å². The number of hydrogen-bond acceptors (Lipinski definition) is 5. The molecule has 0 spiro atoms. The third-order valence-electron chi connectivity index (χ3n) is 4.33. The average Bonchev–Trinajstić information content (AvgIpc) is 3.11. The minimum absolute atomic E-state index is 0.0893. The Morgan fingerprint density at radius 1 is 1.15 bits per heavy atom. The molecule has 0 saturated carbocycles. The van der Waals surface area contributed by atoms with Gasteiger partial charge in [-0.25, -0.2) is 0 Å². The highest BCUT2D eigenvalue weighted by molar-refractivity contribution is 5.97. The molecule has 3 rings (SSSR count). The number of fused-ring (bicyclic) bond motifs is 1. The van der Waals surface area contributed by atoms with Crippen molar-refractivity contribution in [2.24, 2.45) is 0 Å². The van der Waals surface area contributed by atoms with E-state index in [1.807, 2.05) is 36.4 Å². The Hall–Kier alpha value is -2.99. The second kappa shape index (κ2) is 7.72. The number of aliphatic hydroxyl groups is 1. The third kappa shape index (κ3) is 4.41. The summed E-state index contributed by atoms with van der Waals surface area (Å²) < 4.78 is 16.0. The molecule has 2 N–H and O–H groups in total. The van der Waals surface area contributed by atoms with E-state index in [0.29, 0.717) is 17.8 Å². The zero-order valence-corrected chi connectivity index (χ0v) is 15.6. The summed E-state index contributed by atoms with van der Waals surface area (Å²) in [5.74, 6) is 1.11. The van der Waals surface area contributed by atoms with Gasteiger partial charge in [0, 0.05) is 18.4 Å². The monoisotopic (exact) mass is 369 g/mol. The van der Waals surface area contributed by atoms with Gasteiger partial charge in [-0.1, -0.05) is 24.3 Å². The van der Waals surface area contributed by atoms with Crippen molar-refractivity contribution in [3.63, 3.8) is 0 Å². The highest BCUT2D eigenvalue weighted by Gasteiger charge is 2.23. The second-order valence-corrected chi connectivity index (χ2v) is 6.69. The molecule has 0 radical (unpaired) electrons. The zero-order valence-electron chi connectivity index (χ0n) is 15.6. The fraction of sp³-hybridized carbons (Fsp3) is 0.286. The first-order valence-corrected chi connectivity index (χ1v) is 8.62. The minimum atomic E-state index is -1.10. The Bertz CT molecular complexity index is 927. The molecule has 2 aromatic carbocycles. The molecule has 0 aliphatic rings. The number of nitrogens with one attached hydrogen (secondary N) is 1. The quantitative estimate of drug-likeness (QED) is 0.669. The van der Waals surface area contributed by atoms with Gasteiger partial charge in [0.05, 0.1) is 19.8 Å². The van der Waals surface area contributed by atoms with E-state index >= 15 is 0 Å². The number of para-hydroxylation sites is 1. The van der Waals surface area contributed by atoms with Crippen LogP contribution in [0, 0.1) is 0 Å². The van der Waals surface area contributed by atoms with E-state index in [2.05, 4.69) is 5.32 Å². The first kappa shape index (κ1) is 18.8. The number of hydrogen-bond donors (Lipinski definition) is 2. The number of amides is 1. The molecule has 6 nitrogen and oxygen atoms in total. The lowest BCUT2D eigenvalue weighted by Crippen LogP contribution is -2.42. The minimum Gasteiger partial charge on any atom is -0.497 e. The van der Waals surface area contributed by atoms with E-state index in [0.717, 1.165) is 16.7 Å². The average molecular weight is 369 g/mol. The van der Waals surface area contributed by atoms with Gasteiger partial charge in [0.2, 0.25) is 0 Å². The number of rotatable bonds is 7. The van der Waals surface area contributed by atoms with Gasteiger partial charge in [-0.15, -0.1) is 0 Å². The van der Waals surface area contributed by atoms with E-state index in [1.165, 1.54) is 0 Å². The molecule has 1 amide bonds. The molecule has 1 heterocycles. The van der Waals surface area contributed by atoms with Crippen LogP contribution in [0.3, 0.4) is 0 Å². The summed E-state index contributed by atoms with van der Waals surface area (Å²) in [7, 11) is 3.15. The van der Waals surface area contributed by atoms with Gasteiger partial charge in [0.15, 0.2) is 17.1 Å². The van der Waals surface area contributed by atoms with Crippen molar-refractivity contribution in [3.05, 3.63) is 59.9 Å². The highest BCUT2D eigenvalue weighted by Crippen LogP contribution is 2.28. The van der Waals surface area contributed by atoms with Crippen molar-refractivity contribution in [2.45, 2.75) is 18.9 Å². The van der Waals surface area contributed by atoms with Crippen molar-refractivity contribution in [1.29, 1.82) is 0 Å². The van der Waals surface area contributed by atoms with E-state index in [-0.39, 0.29) is 18.2 Å². The third-order valence-corrected chi connectivity index (χ3v) is 4.33. The summed E-state index contributed by atoms with van der Waals surface area (Å²) in [5.41, 5.74) is 0.368. The normalized spacial score (nSPS) is 13.2. The maximum absolute atomic E-state index is 12.4. The van der Waals surface area contributed by atoms with Crippen molar-refractivity contribution >= 4 is 16.9 Å². The number of furan rings is 1. The lowest BCUT2D eigenvalue weighted by atomic mass is 9.96. The maximum atomic E-state index is 12.4. The maximum Gasteiger partial charge on any atom is 0.287 e. The molecule has 1 atom stereocenters. The number of benzene rings is 2. The Morgan fingerprint density at radius 2 is 1.89 bits per heavy atom. The number of methoxy groups -OCH3 is 2. The largest absolute Gasteiger partial charge is 0.497 e. The molecular formula is C21H23NO5. The van der Waals surface area contributed by atoms with Crippen LogP contribution in [0.5, 0.6) is 11.5 Å². The van der Waals surface area contributed by atoms with Crippen LogP contribution in [0.25, 0.3) is 11.0 Å². The van der Waals surface area contributed by atoms with Crippen molar-refractivity contribution in [2.75, 3.05) is 20.8 Å². The Balaban J connectivity index is 1.65. The fourth-order valence-electron chi connectivity index (χ4n) is 2.91. The van der Waals surface area contributed by atoms with Crippen LogP contribution in [0.2, 0.25) is 0 Å². The van der Waals surface area contributed by atoms with Crippen LogP contribution in [0.15, 0.2) is 52.9 Å². The van der Waals surface area contributed by atoms with Crippen LogP contribution in [-0.2, 0) is 6.42 Å². The summed E-state index contributed by atoms with van der Waals surface area (Å²) in [6.45, 7) is 1.77. The van der Waals surface area contributed by atoms with E-state index in [4.69, 9.17) is 13.9 Å². The first-order chi connectivity index (χ1) is 12.9. The van der Waals surface area contributed by atoms with Gasteiger partial charge in [-0.05, 0) is 36.8 Å². The molecule has 6 heteroatoms. The van der Waals surface area contributed by atoms with Gasteiger partial charge >= 0.3 is 0 Å². The highest BCUT2D eigenvalue weighted by atomic mass is 16.5. The lowest BCUT2D eigenvalue weighted by Gasteiger charge is -2.23. The Kier molecular flexibility index (Phi) is 5.37. The molecule has 1 aromatic heterocycles. The molecule has 0 aliphatic heterocycles. The predicted molar refractivity (Wildman–Crippen MR) is 102 cm³/mol. The Labute approximate surface area is 157 Å². The van der Waals surface area contributed by atoms with Crippen molar-refractivity contribution < 1.29 is 23.8 Å². The molecular weight excluding hydrogens is 346 g/mol. The fourth-order valence-corrected chi connectivity index (χ4v) is 2.91. The summed E-state index contributed by atoms with van der Waals surface area (Å²) in [6, 6.07) is 14.6. The molecule has 0 fully saturated rings. The van der Waals surface area contributed by atoms with Crippen molar-refractivity contribution in [1.82, 2.24) is 5.32 Å². The predicted octanol–water partition coefficient (Wildman–Crippen LogP) is 3.17. The summed E-state index contributed by atoms with van der Waals surface area (Å²) in [4.78, 5) is 12.4. The molecule has 0 aliphatic carbocycles. The zero-order chi connectivity index (χ0) is 19.4. The van der Waals surface area contributed by atoms with Crippen LogP contribution >= 0.6 is 0 Å². The lowest BCUT2D eigenvalue weighted by molar-refractivity contribution is 0.0545. The van der Waals surface area contributed by atoms with Crippen LogP contribution in [0.1, 0.15) is 23.0 Å². The molecule has 27 heavy (non-hydrogen) atoms.